The highest BCUT2D eigenvalue weighted by Gasteiger charge is 2.37. The number of allylic oxidation sites excluding steroid dienone is 2. The number of esters is 1. The van der Waals surface area contributed by atoms with Crippen molar-refractivity contribution >= 4 is 29.3 Å². The molecule has 174 valence electrons. The summed E-state index contributed by atoms with van der Waals surface area (Å²) in [5, 5.41) is 16.2. The van der Waals surface area contributed by atoms with Gasteiger partial charge in [0.2, 0.25) is 5.91 Å². The number of carbonyl (C=O) groups excluding carboxylic acids is 2. The molecule has 8 heteroatoms. The van der Waals surface area contributed by atoms with Crippen LogP contribution in [0.4, 0.5) is 10.1 Å². The molecule has 0 aliphatic carbocycles. The van der Waals surface area contributed by atoms with Gasteiger partial charge >= 0.3 is 5.97 Å². The van der Waals surface area contributed by atoms with E-state index in [9.17, 15) is 19.2 Å². The molecule has 2 N–H and O–H groups in total. The molecule has 1 heterocycles. The number of aryl methyl sites for hydroxylation is 1. The summed E-state index contributed by atoms with van der Waals surface area (Å²) in [6.45, 7) is 7.09. The first-order chi connectivity index (χ1) is 16.3. The van der Waals surface area contributed by atoms with Gasteiger partial charge in [-0.3, -0.25) is 4.79 Å². The third kappa shape index (κ3) is 5.74. The van der Waals surface area contributed by atoms with E-state index in [4.69, 9.17) is 4.74 Å². The van der Waals surface area contributed by atoms with Gasteiger partial charge in [-0.15, -0.1) is 0 Å². The van der Waals surface area contributed by atoms with Crippen LogP contribution in [0, 0.1) is 24.1 Å². The smallest absolute Gasteiger partial charge is 0.337 e. The monoisotopic (exact) mass is 477 g/mol. The lowest BCUT2D eigenvalue weighted by molar-refractivity contribution is -0.138. The van der Waals surface area contributed by atoms with Gasteiger partial charge in [0.25, 0.3) is 0 Å². The Morgan fingerprint density at radius 3 is 2.71 bits per heavy atom. The van der Waals surface area contributed by atoms with Crippen molar-refractivity contribution in [3.63, 3.8) is 0 Å². The van der Waals surface area contributed by atoms with Crippen LogP contribution in [-0.4, -0.2) is 24.2 Å². The topological polar surface area (TPSA) is 91.2 Å². The number of hydrogen-bond acceptors (Lipinski definition) is 6. The van der Waals surface area contributed by atoms with Crippen molar-refractivity contribution in [2.24, 2.45) is 0 Å². The predicted molar refractivity (Wildman–Crippen MR) is 131 cm³/mol. The molecule has 0 aromatic heterocycles. The number of nitrogens with zero attached hydrogens (tertiary/aromatic N) is 1. The molecule has 1 aliphatic heterocycles. The summed E-state index contributed by atoms with van der Waals surface area (Å²) in [4.78, 5) is 25.4. The fourth-order valence-electron chi connectivity index (χ4n) is 3.59. The first-order valence-corrected chi connectivity index (χ1v) is 11.5. The Labute approximate surface area is 202 Å². The number of hydrogen-bond donors (Lipinski definition) is 2. The highest BCUT2D eigenvalue weighted by Crippen LogP contribution is 2.41. The molecule has 0 bridgehead atoms. The maximum atomic E-state index is 14.8. The highest BCUT2D eigenvalue weighted by molar-refractivity contribution is 8.03. The molecule has 2 aromatic rings. The zero-order valence-electron chi connectivity index (χ0n) is 18.9. The number of dihydropyridines is 1. The van der Waals surface area contributed by atoms with Crippen LogP contribution in [0.1, 0.15) is 24.0 Å². The van der Waals surface area contributed by atoms with Crippen molar-refractivity contribution in [2.75, 3.05) is 17.7 Å². The molecule has 1 amide bonds. The molecule has 0 saturated carbocycles. The van der Waals surface area contributed by atoms with Crippen molar-refractivity contribution in [2.45, 2.75) is 19.8 Å². The minimum Gasteiger partial charge on any atom is -0.458 e. The summed E-state index contributed by atoms with van der Waals surface area (Å²) in [6.07, 6.45) is 1.43. The largest absolute Gasteiger partial charge is 0.458 e. The molecule has 3 rings (SSSR count). The Balaban J connectivity index is 1.92. The van der Waals surface area contributed by atoms with Crippen LogP contribution in [0.3, 0.4) is 0 Å². The van der Waals surface area contributed by atoms with Gasteiger partial charge in [-0.1, -0.05) is 54.7 Å². The van der Waals surface area contributed by atoms with Crippen molar-refractivity contribution in [1.29, 1.82) is 5.26 Å². The maximum absolute atomic E-state index is 14.8. The standard InChI is InChI=1S/C26H24FN3O3S/c1-4-12-33-26(32)23-17(3)29-25(20(14-28)24(23)19-10-5-6-11-21(19)27)34-15-22(31)30-18-9-7-8-16(2)13-18/h4-11,13,24,29H,1,12,15H2,2-3H3,(H,30,31)/t24-/m0/s1. The van der Waals surface area contributed by atoms with Crippen LogP contribution in [0.5, 0.6) is 0 Å². The van der Waals surface area contributed by atoms with E-state index in [1.165, 1.54) is 24.3 Å². The Morgan fingerprint density at radius 2 is 2.03 bits per heavy atom. The van der Waals surface area contributed by atoms with Gasteiger partial charge < -0.3 is 15.4 Å². The third-order valence-electron chi connectivity index (χ3n) is 5.07. The van der Waals surface area contributed by atoms with Gasteiger partial charge in [0.1, 0.15) is 12.4 Å². The third-order valence-corrected chi connectivity index (χ3v) is 6.08. The molecule has 0 spiro atoms. The summed E-state index contributed by atoms with van der Waals surface area (Å²) < 4.78 is 20.0. The van der Waals surface area contributed by atoms with E-state index in [0.29, 0.717) is 16.4 Å². The van der Waals surface area contributed by atoms with E-state index in [0.717, 1.165) is 17.3 Å². The number of nitrogens with one attached hydrogen (secondary N) is 2. The van der Waals surface area contributed by atoms with Crippen molar-refractivity contribution < 1.29 is 18.7 Å². The summed E-state index contributed by atoms with van der Waals surface area (Å²) in [5.74, 6) is -2.46. The average molecular weight is 478 g/mol. The molecule has 34 heavy (non-hydrogen) atoms. The van der Waals surface area contributed by atoms with Crippen LogP contribution in [-0.2, 0) is 14.3 Å². The maximum Gasteiger partial charge on any atom is 0.337 e. The molecule has 0 unspecified atom stereocenters. The Kier molecular flexibility index (Phi) is 8.28. The molecule has 0 radical (unpaired) electrons. The number of carbonyl (C=O) groups is 2. The number of nitriles is 1. The molecule has 0 saturated heterocycles. The molecule has 0 fully saturated rings. The lowest BCUT2D eigenvalue weighted by Gasteiger charge is -2.29. The fourth-order valence-corrected chi connectivity index (χ4v) is 4.48. The Bertz CT molecular complexity index is 1230. The summed E-state index contributed by atoms with van der Waals surface area (Å²) >= 11 is 1.11. The average Bonchev–Trinajstić information content (AvgIpc) is 2.81. The number of halogens is 1. The van der Waals surface area contributed by atoms with E-state index in [1.807, 2.05) is 25.1 Å². The van der Waals surface area contributed by atoms with Gasteiger partial charge in [-0.2, -0.15) is 5.26 Å². The lowest BCUT2D eigenvalue weighted by Crippen LogP contribution is -2.30. The van der Waals surface area contributed by atoms with Crippen LogP contribution in [0.15, 0.2) is 83.1 Å². The fraction of sp³-hybridized carbons (Fsp3) is 0.192. The molecule has 1 atom stereocenters. The van der Waals surface area contributed by atoms with E-state index < -0.39 is 17.7 Å². The first-order valence-electron chi connectivity index (χ1n) is 10.5. The van der Waals surface area contributed by atoms with Crippen LogP contribution < -0.4 is 10.6 Å². The van der Waals surface area contributed by atoms with Gasteiger partial charge in [0, 0.05) is 16.9 Å². The van der Waals surface area contributed by atoms with Crippen molar-refractivity contribution in [3.05, 3.63) is 100 Å². The zero-order valence-corrected chi connectivity index (χ0v) is 19.7. The number of anilines is 1. The quantitative estimate of drug-likeness (QED) is 0.414. The molecule has 2 aromatic carbocycles. The summed E-state index contributed by atoms with van der Waals surface area (Å²) in [5.41, 5.74) is 2.55. The SMILES string of the molecule is C=CCOC(=O)C1=C(C)NC(SCC(=O)Nc2cccc(C)c2)=C(C#N)[C@@H]1c1ccccc1F. The number of thioether (sulfide) groups is 1. The second-order valence-electron chi connectivity index (χ2n) is 7.57. The number of ether oxygens (including phenoxy) is 1. The Morgan fingerprint density at radius 1 is 1.26 bits per heavy atom. The second kappa shape index (κ2) is 11.3. The number of rotatable bonds is 8. The van der Waals surface area contributed by atoms with E-state index in [-0.39, 0.29) is 35.0 Å². The van der Waals surface area contributed by atoms with Crippen molar-refractivity contribution in [1.82, 2.24) is 5.32 Å². The number of amides is 1. The molecular weight excluding hydrogens is 453 g/mol. The molecule has 1 aliphatic rings. The van der Waals surface area contributed by atoms with Crippen LogP contribution >= 0.6 is 11.8 Å². The second-order valence-corrected chi connectivity index (χ2v) is 8.55. The normalized spacial score (nSPS) is 15.3. The van der Waals surface area contributed by atoms with E-state index >= 15 is 0 Å². The zero-order chi connectivity index (χ0) is 24.7. The van der Waals surface area contributed by atoms with E-state index in [1.54, 1.807) is 19.1 Å². The minimum absolute atomic E-state index is 0.00890. The molecular formula is C26H24FN3O3S. The van der Waals surface area contributed by atoms with Gasteiger partial charge in [0.15, 0.2) is 0 Å². The van der Waals surface area contributed by atoms with Crippen LogP contribution in [0.2, 0.25) is 0 Å². The lowest BCUT2D eigenvalue weighted by atomic mass is 9.82. The van der Waals surface area contributed by atoms with Crippen LogP contribution in [0.25, 0.3) is 0 Å². The summed E-state index contributed by atoms with van der Waals surface area (Å²) in [6, 6.07) is 15.5. The van der Waals surface area contributed by atoms with Gasteiger partial charge in [-0.25, -0.2) is 9.18 Å². The number of benzene rings is 2. The van der Waals surface area contributed by atoms with Gasteiger partial charge in [-0.05, 0) is 37.6 Å². The molecule has 6 nitrogen and oxygen atoms in total. The minimum atomic E-state index is -0.980. The van der Waals surface area contributed by atoms with Gasteiger partial charge in [0.05, 0.1) is 33.9 Å². The summed E-state index contributed by atoms with van der Waals surface area (Å²) in [7, 11) is 0. The van der Waals surface area contributed by atoms with Crippen molar-refractivity contribution in [3.8, 4) is 6.07 Å². The highest BCUT2D eigenvalue weighted by atomic mass is 32.2. The first kappa shape index (κ1) is 24.8. The van der Waals surface area contributed by atoms with E-state index in [2.05, 4.69) is 23.3 Å². The predicted octanol–water partition coefficient (Wildman–Crippen LogP) is 4.93. The Hall–Kier alpha value is -3.83.